The SMILES string of the molecule is CC1(C)C(/C=C/C2=C(Br)C(=C/C=C3/N(CCOc4ccc(Br)cc4)c4cc5ccccc5cc4C3(C)C)/c3ccccc32)=[N+](CCOc2ccc(Br)cc2)c2cc3ccccc3cc21. The van der Waals surface area contributed by atoms with E-state index in [1.807, 2.05) is 48.5 Å². The zero-order valence-electron chi connectivity index (χ0n) is 36.3. The predicted octanol–water partition coefficient (Wildman–Crippen LogP) is 15.5. The standard InChI is InChI=1S/C57H48Br3N2O2/c1-56(2)49-33-37-11-5-7-13-39(37)35-51(49)61(29-31-63-43-21-17-41(58)18-22-43)53(56)27-25-47-45-15-9-10-16-46(45)48(55(47)60)26-28-54-57(3,4)50-34-38-12-6-8-14-40(38)36-52(50)62(54)30-32-64-44-23-19-42(59)20-24-44/h5-28,33-36H,29-32H2,1-4H3/q+1. The van der Waals surface area contributed by atoms with Crippen LogP contribution in [-0.2, 0) is 10.8 Å². The van der Waals surface area contributed by atoms with E-state index in [-0.39, 0.29) is 10.8 Å². The summed E-state index contributed by atoms with van der Waals surface area (Å²) in [6.45, 7) is 11.9. The summed E-state index contributed by atoms with van der Waals surface area (Å²) in [5, 5.41) is 4.97. The highest BCUT2D eigenvalue weighted by Gasteiger charge is 2.45. The fraction of sp³-hybridized carbons (Fsp3) is 0.175. The molecule has 2 heterocycles. The largest absolute Gasteiger partial charge is 0.492 e. The molecule has 0 N–H and O–H groups in total. The van der Waals surface area contributed by atoms with Crippen molar-refractivity contribution in [2.24, 2.45) is 0 Å². The molecule has 7 heteroatoms. The lowest BCUT2D eigenvalue weighted by atomic mass is 9.80. The van der Waals surface area contributed by atoms with Crippen molar-refractivity contribution in [1.29, 1.82) is 0 Å². The topological polar surface area (TPSA) is 24.7 Å². The fourth-order valence-corrected chi connectivity index (χ4v) is 11.0. The lowest BCUT2D eigenvalue weighted by molar-refractivity contribution is -0.439. The van der Waals surface area contributed by atoms with Crippen molar-refractivity contribution in [3.05, 3.63) is 211 Å². The fourth-order valence-electron chi connectivity index (χ4n) is 9.75. The van der Waals surface area contributed by atoms with E-state index >= 15 is 0 Å². The molecule has 318 valence electrons. The summed E-state index contributed by atoms with van der Waals surface area (Å²) < 4.78 is 18.3. The number of hydrogen-bond donors (Lipinski definition) is 0. The molecule has 4 nitrogen and oxygen atoms in total. The Kier molecular flexibility index (Phi) is 11.4. The molecule has 0 unspecified atom stereocenters. The molecule has 0 saturated carbocycles. The van der Waals surface area contributed by atoms with Crippen LogP contribution in [0, 0.1) is 0 Å². The van der Waals surface area contributed by atoms with Gasteiger partial charge in [-0.15, -0.1) is 0 Å². The van der Waals surface area contributed by atoms with Crippen molar-refractivity contribution >= 4 is 97.6 Å². The maximum absolute atomic E-state index is 6.33. The highest BCUT2D eigenvalue weighted by molar-refractivity contribution is 9.12. The van der Waals surface area contributed by atoms with Crippen molar-refractivity contribution in [2.75, 3.05) is 31.2 Å². The number of halogens is 3. The van der Waals surface area contributed by atoms with Gasteiger partial charge < -0.3 is 14.4 Å². The monoisotopic (exact) mass is 1030 g/mol. The van der Waals surface area contributed by atoms with Gasteiger partial charge in [-0.2, -0.15) is 4.58 Å². The summed E-state index contributed by atoms with van der Waals surface area (Å²) in [5.74, 6) is 1.72. The van der Waals surface area contributed by atoms with Gasteiger partial charge in [0.1, 0.15) is 24.7 Å². The van der Waals surface area contributed by atoms with E-state index in [9.17, 15) is 0 Å². The minimum atomic E-state index is -0.250. The van der Waals surface area contributed by atoms with Crippen LogP contribution in [0.1, 0.15) is 49.9 Å². The quantitative estimate of drug-likeness (QED) is 0.121. The minimum absolute atomic E-state index is 0.250. The van der Waals surface area contributed by atoms with Crippen LogP contribution in [0.25, 0.3) is 32.7 Å². The molecule has 0 spiro atoms. The highest BCUT2D eigenvalue weighted by Crippen LogP contribution is 2.51. The number of hydrogen-bond acceptors (Lipinski definition) is 3. The molecular formula is C57H48Br3N2O2+. The van der Waals surface area contributed by atoms with Gasteiger partial charge in [-0.05, 0) is 158 Å². The second-order valence-electron chi connectivity index (χ2n) is 17.7. The number of fused-ring (bicyclic) bond motifs is 5. The van der Waals surface area contributed by atoms with E-state index in [1.54, 1.807) is 0 Å². The summed E-state index contributed by atoms with van der Waals surface area (Å²) in [6.07, 6.45) is 9.31. The van der Waals surface area contributed by atoms with Gasteiger partial charge in [0.25, 0.3) is 0 Å². The smallest absolute Gasteiger partial charge is 0.210 e. The summed E-state index contributed by atoms with van der Waals surface area (Å²) in [4.78, 5) is 2.46. The summed E-state index contributed by atoms with van der Waals surface area (Å²) in [7, 11) is 0. The van der Waals surface area contributed by atoms with Crippen LogP contribution >= 0.6 is 47.8 Å². The molecule has 64 heavy (non-hydrogen) atoms. The number of nitrogens with zero attached hydrogens (tertiary/aromatic N) is 2. The van der Waals surface area contributed by atoms with Gasteiger partial charge in [-0.25, -0.2) is 0 Å². The molecule has 1 aliphatic carbocycles. The van der Waals surface area contributed by atoms with Gasteiger partial charge in [0.2, 0.25) is 5.69 Å². The first-order valence-electron chi connectivity index (χ1n) is 21.8. The van der Waals surface area contributed by atoms with E-state index in [4.69, 9.17) is 9.47 Å². The molecule has 2 aliphatic heterocycles. The van der Waals surface area contributed by atoms with Crippen LogP contribution in [0.15, 0.2) is 189 Å². The van der Waals surface area contributed by atoms with Crippen molar-refractivity contribution in [2.45, 2.75) is 38.5 Å². The Morgan fingerprint density at radius 1 is 0.562 bits per heavy atom. The molecular weight excluding hydrogens is 984 g/mol. The third-order valence-corrected chi connectivity index (χ3v) is 15.0. The second kappa shape index (κ2) is 17.2. The number of rotatable bonds is 11. The van der Waals surface area contributed by atoms with Crippen LogP contribution < -0.4 is 14.4 Å². The van der Waals surface area contributed by atoms with Crippen molar-refractivity contribution in [3.63, 3.8) is 0 Å². The summed E-state index contributed by atoms with van der Waals surface area (Å²) >= 11 is 11.3. The molecule has 0 atom stereocenters. The van der Waals surface area contributed by atoms with E-state index in [1.165, 1.54) is 66.6 Å². The zero-order valence-corrected chi connectivity index (χ0v) is 41.1. The Balaban J connectivity index is 1.03. The van der Waals surface area contributed by atoms with Crippen molar-refractivity contribution in [3.8, 4) is 11.5 Å². The Morgan fingerprint density at radius 2 is 1.11 bits per heavy atom. The van der Waals surface area contributed by atoms with Crippen LogP contribution in [0.4, 0.5) is 11.4 Å². The molecule has 7 aromatic rings. The number of benzene rings is 7. The van der Waals surface area contributed by atoms with Gasteiger partial charge in [-0.1, -0.05) is 125 Å². The lowest BCUT2D eigenvalue weighted by Crippen LogP contribution is -2.29. The van der Waals surface area contributed by atoms with E-state index in [2.05, 4.69) is 206 Å². The maximum Gasteiger partial charge on any atom is 0.210 e. The third-order valence-electron chi connectivity index (χ3n) is 13.1. The molecule has 0 aromatic heterocycles. The molecule has 10 rings (SSSR count). The normalized spacial score (nSPS) is 17.3. The van der Waals surface area contributed by atoms with Crippen LogP contribution in [0.3, 0.4) is 0 Å². The minimum Gasteiger partial charge on any atom is -0.492 e. The number of ether oxygens (including phenoxy) is 2. The third kappa shape index (κ3) is 7.80. The predicted molar refractivity (Wildman–Crippen MR) is 278 cm³/mol. The molecule has 7 aromatic carbocycles. The average Bonchev–Trinajstić information content (AvgIpc) is 3.77. The number of allylic oxidation sites excluding steroid dienone is 8. The summed E-state index contributed by atoms with van der Waals surface area (Å²) in [6, 6.07) is 51.7. The first-order valence-corrected chi connectivity index (χ1v) is 24.2. The molecule has 0 radical (unpaired) electrons. The second-order valence-corrected chi connectivity index (χ2v) is 20.3. The van der Waals surface area contributed by atoms with Gasteiger partial charge in [0, 0.05) is 47.9 Å². The Hall–Kier alpha value is -5.47. The zero-order chi connectivity index (χ0) is 44.2. The van der Waals surface area contributed by atoms with Gasteiger partial charge in [0.15, 0.2) is 12.3 Å². The molecule has 0 saturated heterocycles. The molecule has 0 bridgehead atoms. The van der Waals surface area contributed by atoms with E-state index < -0.39 is 0 Å². The Bertz CT molecular complexity index is 3140. The maximum atomic E-state index is 6.33. The first kappa shape index (κ1) is 42.5. The van der Waals surface area contributed by atoms with Crippen LogP contribution in [0.2, 0.25) is 0 Å². The van der Waals surface area contributed by atoms with Crippen molar-refractivity contribution in [1.82, 2.24) is 0 Å². The average molecular weight is 1030 g/mol. The molecule has 0 amide bonds. The van der Waals surface area contributed by atoms with Crippen LogP contribution in [-0.4, -0.2) is 36.6 Å². The summed E-state index contributed by atoms with van der Waals surface area (Å²) in [5.41, 5.74) is 11.8. The number of anilines is 1. The Morgan fingerprint density at radius 3 is 1.75 bits per heavy atom. The van der Waals surface area contributed by atoms with Gasteiger partial charge in [-0.3, -0.25) is 0 Å². The Labute approximate surface area is 401 Å². The molecule has 0 fully saturated rings. The first-order chi connectivity index (χ1) is 31.0. The van der Waals surface area contributed by atoms with Crippen molar-refractivity contribution < 1.29 is 14.0 Å². The van der Waals surface area contributed by atoms with Crippen LogP contribution in [0.5, 0.6) is 11.5 Å². The highest BCUT2D eigenvalue weighted by atomic mass is 79.9. The van der Waals surface area contributed by atoms with E-state index in [0.717, 1.165) is 36.1 Å². The lowest BCUT2D eigenvalue weighted by Gasteiger charge is -2.27. The molecule has 3 aliphatic rings. The van der Waals surface area contributed by atoms with Gasteiger partial charge in [0.05, 0.1) is 12.0 Å². The van der Waals surface area contributed by atoms with Gasteiger partial charge >= 0.3 is 0 Å². The van der Waals surface area contributed by atoms with E-state index in [0.29, 0.717) is 26.3 Å².